The van der Waals surface area contributed by atoms with Crippen LogP contribution in [-0.4, -0.2) is 60.2 Å². The lowest BCUT2D eigenvalue weighted by Gasteiger charge is -2.23. The minimum Gasteiger partial charge on any atom is -0.462 e. The fraction of sp³-hybridized carbons (Fsp3) is 0.600. The van der Waals surface area contributed by atoms with Gasteiger partial charge in [0.2, 0.25) is 0 Å². The van der Waals surface area contributed by atoms with Gasteiger partial charge in [-0.05, 0) is 46.2 Å². The quantitative estimate of drug-likeness (QED) is 0.774. The second kappa shape index (κ2) is 9.03. The van der Waals surface area contributed by atoms with E-state index in [9.17, 15) is 9.59 Å². The summed E-state index contributed by atoms with van der Waals surface area (Å²) in [7, 11) is 2.14. The summed E-state index contributed by atoms with van der Waals surface area (Å²) in [5.41, 5.74) is 0.719. The monoisotopic (exact) mass is 362 g/mol. The first-order valence-electron chi connectivity index (χ1n) is 9.11. The van der Waals surface area contributed by atoms with Crippen molar-refractivity contribution in [2.75, 3.05) is 20.1 Å². The van der Waals surface area contributed by atoms with E-state index in [2.05, 4.69) is 16.7 Å². The molecule has 1 aromatic rings. The van der Waals surface area contributed by atoms with Gasteiger partial charge < -0.3 is 19.3 Å². The summed E-state index contributed by atoms with van der Waals surface area (Å²) < 4.78 is 9.97. The molecule has 0 saturated carbocycles. The summed E-state index contributed by atoms with van der Waals surface area (Å²) in [6.07, 6.45) is 1.98. The molecule has 6 nitrogen and oxygen atoms in total. The number of ether oxygens (including phenoxy) is 2. The third-order valence-corrected chi connectivity index (χ3v) is 4.70. The van der Waals surface area contributed by atoms with Gasteiger partial charge in [0, 0.05) is 19.1 Å². The molecule has 3 rings (SSSR count). The highest BCUT2D eigenvalue weighted by Gasteiger charge is 2.43. The van der Waals surface area contributed by atoms with Crippen molar-refractivity contribution in [3.05, 3.63) is 35.9 Å². The first-order chi connectivity index (χ1) is 12.3. The van der Waals surface area contributed by atoms with Gasteiger partial charge in [0.15, 0.2) is 0 Å². The van der Waals surface area contributed by atoms with Crippen molar-refractivity contribution in [2.45, 2.75) is 57.9 Å². The number of hydrogen-bond acceptors (Lipinski definition) is 5. The first kappa shape index (κ1) is 20.2. The summed E-state index contributed by atoms with van der Waals surface area (Å²) in [6.45, 7) is 8.19. The van der Waals surface area contributed by atoms with E-state index in [1.807, 2.05) is 56.0 Å². The Hall–Kier alpha value is -2.08. The summed E-state index contributed by atoms with van der Waals surface area (Å²) in [6, 6.07) is 10.7. The Balaban J connectivity index is 0.000000298. The van der Waals surface area contributed by atoms with Gasteiger partial charge >= 0.3 is 6.09 Å². The minimum atomic E-state index is -0.318. The highest BCUT2D eigenvalue weighted by Crippen LogP contribution is 2.30. The maximum atomic E-state index is 12.2. The number of fused-ring (bicyclic) bond motifs is 1. The summed E-state index contributed by atoms with van der Waals surface area (Å²) in [5, 5.41) is 0. The van der Waals surface area contributed by atoms with Crippen LogP contribution < -0.4 is 0 Å². The number of amides is 1. The van der Waals surface area contributed by atoms with Gasteiger partial charge in [0.25, 0.3) is 6.47 Å². The summed E-state index contributed by atoms with van der Waals surface area (Å²) in [5.74, 6) is 0. The molecular weight excluding hydrogens is 332 g/mol. The Bertz CT molecular complexity index is 585. The molecule has 1 aromatic carbocycles. The largest absolute Gasteiger partial charge is 0.462 e. The normalized spacial score (nSPS) is 22.2. The van der Waals surface area contributed by atoms with Gasteiger partial charge in [-0.1, -0.05) is 30.3 Å². The molecule has 0 spiro atoms. The van der Waals surface area contributed by atoms with Gasteiger partial charge in [-0.15, -0.1) is 0 Å². The molecule has 2 fully saturated rings. The zero-order valence-electron chi connectivity index (χ0n) is 16.2. The maximum absolute atomic E-state index is 12.2. The summed E-state index contributed by atoms with van der Waals surface area (Å²) in [4.78, 5) is 26.0. The molecule has 0 bridgehead atoms. The van der Waals surface area contributed by atoms with Crippen LogP contribution in [-0.2, 0) is 20.9 Å². The van der Waals surface area contributed by atoms with E-state index >= 15 is 0 Å². The van der Waals surface area contributed by atoms with E-state index < -0.39 is 0 Å². The van der Waals surface area contributed by atoms with E-state index in [4.69, 9.17) is 4.74 Å². The van der Waals surface area contributed by atoms with Crippen molar-refractivity contribution in [3.63, 3.8) is 0 Å². The van der Waals surface area contributed by atoms with Crippen LogP contribution in [0.4, 0.5) is 4.79 Å². The molecular formula is C20H30N2O4. The number of carbonyl (C=O) groups is 2. The van der Waals surface area contributed by atoms with Crippen LogP contribution in [0.15, 0.2) is 30.3 Å². The maximum Gasteiger partial charge on any atom is 0.410 e. The molecule has 0 aromatic heterocycles. The zero-order valence-corrected chi connectivity index (χ0v) is 16.2. The number of likely N-dealkylation sites (N-methyl/N-ethyl adjacent to an activating group) is 1. The Morgan fingerprint density at radius 2 is 1.81 bits per heavy atom. The predicted octanol–water partition coefficient (Wildman–Crippen LogP) is 3.06. The lowest BCUT2D eigenvalue weighted by atomic mass is 10.1. The number of nitrogens with zero attached hydrogens (tertiary/aromatic N) is 2. The lowest BCUT2D eigenvalue weighted by Crippen LogP contribution is -2.39. The predicted molar refractivity (Wildman–Crippen MR) is 99.7 cm³/mol. The molecule has 0 radical (unpaired) electrons. The fourth-order valence-corrected chi connectivity index (χ4v) is 3.37. The highest BCUT2D eigenvalue weighted by atomic mass is 16.6. The van der Waals surface area contributed by atoms with Gasteiger partial charge in [-0.25, -0.2) is 4.79 Å². The topological polar surface area (TPSA) is 59.1 Å². The van der Waals surface area contributed by atoms with Crippen molar-refractivity contribution in [3.8, 4) is 0 Å². The average Bonchev–Trinajstić information content (AvgIpc) is 3.16. The van der Waals surface area contributed by atoms with Gasteiger partial charge in [-0.3, -0.25) is 4.79 Å². The SMILES string of the molecule is CC(C)(C)OC=O.CN1CCC2C1CCN2C(=O)OCc1ccccc1. The van der Waals surface area contributed by atoms with E-state index in [1.54, 1.807) is 0 Å². The first-order valence-corrected chi connectivity index (χ1v) is 9.11. The molecule has 2 aliphatic heterocycles. The lowest BCUT2D eigenvalue weighted by molar-refractivity contribution is -0.138. The van der Waals surface area contributed by atoms with Crippen molar-refractivity contribution in [1.82, 2.24) is 9.80 Å². The van der Waals surface area contributed by atoms with E-state index in [0.29, 0.717) is 25.2 Å². The molecule has 26 heavy (non-hydrogen) atoms. The molecule has 0 N–H and O–H groups in total. The van der Waals surface area contributed by atoms with Crippen molar-refractivity contribution in [2.24, 2.45) is 0 Å². The van der Waals surface area contributed by atoms with Gasteiger partial charge in [0.1, 0.15) is 12.2 Å². The molecule has 144 valence electrons. The van der Waals surface area contributed by atoms with Gasteiger partial charge in [-0.2, -0.15) is 0 Å². The molecule has 2 atom stereocenters. The van der Waals surface area contributed by atoms with E-state index in [-0.39, 0.29) is 11.7 Å². The Kier molecular flexibility index (Phi) is 7.03. The van der Waals surface area contributed by atoms with Crippen LogP contribution in [0.2, 0.25) is 0 Å². The molecule has 2 saturated heterocycles. The number of rotatable bonds is 3. The Morgan fingerprint density at radius 1 is 1.15 bits per heavy atom. The molecule has 6 heteroatoms. The minimum absolute atomic E-state index is 0.161. The average molecular weight is 362 g/mol. The molecule has 2 heterocycles. The highest BCUT2D eigenvalue weighted by molar-refractivity contribution is 5.68. The number of carbonyl (C=O) groups excluding carboxylic acids is 2. The Labute approximate surface area is 156 Å². The second-order valence-corrected chi connectivity index (χ2v) is 7.75. The van der Waals surface area contributed by atoms with Crippen LogP contribution in [0.25, 0.3) is 0 Å². The van der Waals surface area contributed by atoms with Crippen LogP contribution >= 0.6 is 0 Å². The van der Waals surface area contributed by atoms with E-state index in [1.165, 1.54) is 0 Å². The number of likely N-dealkylation sites (tertiary alicyclic amines) is 2. The summed E-state index contributed by atoms with van der Waals surface area (Å²) >= 11 is 0. The fourth-order valence-electron chi connectivity index (χ4n) is 3.37. The third kappa shape index (κ3) is 5.73. The van der Waals surface area contributed by atoms with Crippen molar-refractivity contribution < 1.29 is 19.1 Å². The number of hydrogen-bond donors (Lipinski definition) is 0. The second-order valence-electron chi connectivity index (χ2n) is 7.75. The standard InChI is InChI=1S/C15H20N2O2.C5H10O2/c1-16-9-7-14-13(16)8-10-17(14)15(18)19-11-12-5-3-2-4-6-12;1-5(2,3)7-4-6/h2-6,13-14H,7-11H2,1H3;4H,1-3H3. The van der Waals surface area contributed by atoms with Crippen LogP contribution in [0.1, 0.15) is 39.2 Å². The smallest absolute Gasteiger partial charge is 0.410 e. The van der Waals surface area contributed by atoms with Gasteiger partial charge in [0.05, 0.1) is 6.04 Å². The molecule has 2 unspecified atom stereocenters. The number of benzene rings is 1. The van der Waals surface area contributed by atoms with Crippen molar-refractivity contribution in [1.29, 1.82) is 0 Å². The Morgan fingerprint density at radius 3 is 2.38 bits per heavy atom. The van der Waals surface area contributed by atoms with Crippen LogP contribution in [0.3, 0.4) is 0 Å². The molecule has 0 aliphatic carbocycles. The molecule has 1 amide bonds. The van der Waals surface area contributed by atoms with Crippen LogP contribution in [0, 0.1) is 0 Å². The van der Waals surface area contributed by atoms with Crippen molar-refractivity contribution >= 4 is 12.6 Å². The van der Waals surface area contributed by atoms with E-state index in [0.717, 1.165) is 31.5 Å². The molecule has 2 aliphatic rings. The van der Waals surface area contributed by atoms with Crippen LogP contribution in [0.5, 0.6) is 0 Å². The zero-order chi connectivity index (χ0) is 19.2. The third-order valence-electron chi connectivity index (χ3n) is 4.70.